The van der Waals surface area contributed by atoms with E-state index in [1.165, 1.54) is 0 Å². The number of hydrazone groups is 1. The number of hydrogen-bond acceptors (Lipinski definition) is 8. The molecule has 0 aromatic heterocycles. The second-order valence-electron chi connectivity index (χ2n) is 8.99. The summed E-state index contributed by atoms with van der Waals surface area (Å²) >= 11 is 9.40. The van der Waals surface area contributed by atoms with Gasteiger partial charge >= 0.3 is 5.97 Å². The molecule has 39 heavy (non-hydrogen) atoms. The van der Waals surface area contributed by atoms with Crippen molar-refractivity contribution >= 4 is 57.5 Å². The number of guanidine groups is 1. The Bertz CT molecular complexity index is 1310. The van der Waals surface area contributed by atoms with E-state index in [2.05, 4.69) is 52.7 Å². The molecular formula is C25H26BrClFN7O4. The Morgan fingerprint density at radius 3 is 2.85 bits per heavy atom. The first-order chi connectivity index (χ1) is 18.7. The van der Waals surface area contributed by atoms with Crippen LogP contribution in [-0.4, -0.2) is 60.9 Å². The van der Waals surface area contributed by atoms with Crippen LogP contribution >= 0.6 is 27.5 Å². The molecule has 0 saturated carbocycles. The Morgan fingerprint density at radius 2 is 2.08 bits per heavy atom. The molecule has 0 radical (unpaired) electrons. The van der Waals surface area contributed by atoms with Crippen LogP contribution in [-0.2, 0) is 14.4 Å². The smallest absolute Gasteiger partial charge is 0.305 e. The fourth-order valence-corrected chi connectivity index (χ4v) is 4.95. The Balaban J connectivity index is 1.45. The summed E-state index contributed by atoms with van der Waals surface area (Å²) < 4.78 is 14.3. The highest BCUT2D eigenvalue weighted by atomic mass is 79.9. The highest BCUT2D eigenvalue weighted by molar-refractivity contribution is 9.10. The van der Waals surface area contributed by atoms with Crippen LogP contribution in [0.25, 0.3) is 0 Å². The van der Waals surface area contributed by atoms with E-state index < -0.39 is 36.5 Å². The van der Waals surface area contributed by atoms with Gasteiger partial charge in [0.1, 0.15) is 6.17 Å². The first-order valence-corrected chi connectivity index (χ1v) is 13.2. The number of allylic oxidation sites excluding steroid dienone is 2. The molecule has 2 amide bonds. The van der Waals surface area contributed by atoms with Gasteiger partial charge in [-0.2, -0.15) is 5.10 Å². The van der Waals surface area contributed by atoms with Gasteiger partial charge < -0.3 is 26.4 Å². The summed E-state index contributed by atoms with van der Waals surface area (Å²) in [5.41, 5.74) is 5.61. The van der Waals surface area contributed by atoms with Gasteiger partial charge in [-0.05, 0) is 42.3 Å². The average molecular weight is 623 g/mol. The van der Waals surface area contributed by atoms with Crippen molar-refractivity contribution in [2.24, 2.45) is 10.1 Å². The number of nitrogens with zero attached hydrogens (tertiary/aromatic N) is 2. The summed E-state index contributed by atoms with van der Waals surface area (Å²) in [7, 11) is 0. The average Bonchev–Trinajstić information content (AvgIpc) is 3.15. The second kappa shape index (κ2) is 12.9. The number of rotatable bonds is 8. The fourth-order valence-electron chi connectivity index (χ4n) is 4.06. The highest BCUT2D eigenvalue weighted by Gasteiger charge is 2.22. The molecule has 2 heterocycles. The third-order valence-corrected chi connectivity index (χ3v) is 6.58. The van der Waals surface area contributed by atoms with Gasteiger partial charge in [0.15, 0.2) is 5.96 Å². The predicted octanol–water partition coefficient (Wildman–Crippen LogP) is 2.18. The van der Waals surface area contributed by atoms with Crippen molar-refractivity contribution in [1.29, 1.82) is 0 Å². The van der Waals surface area contributed by atoms with Gasteiger partial charge in [-0.25, -0.2) is 9.38 Å². The van der Waals surface area contributed by atoms with Crippen LogP contribution in [0.2, 0.25) is 5.02 Å². The van der Waals surface area contributed by atoms with E-state index in [4.69, 9.17) is 11.6 Å². The van der Waals surface area contributed by atoms with Crippen LogP contribution in [0.3, 0.4) is 0 Å². The molecule has 1 aliphatic carbocycles. The lowest BCUT2D eigenvalue weighted by Gasteiger charge is -2.18. The summed E-state index contributed by atoms with van der Waals surface area (Å²) in [6, 6.07) is 4.01. The van der Waals surface area contributed by atoms with Crippen LogP contribution in [0, 0.1) is 0 Å². The Hall–Kier alpha value is -3.71. The Labute approximate surface area is 236 Å². The third-order valence-electron chi connectivity index (χ3n) is 5.91. The molecule has 2 atom stereocenters. The number of alkyl halides is 1. The number of carboxylic acid groups (broad SMARTS) is 1. The SMILES string of the molecule is O=C(O)CC(NC(=O)CNC(=O)C1=CC(NC2=NCC(F)CCN2)=C2C=NNC(=C1)C2)c1cc(Cl)cc(Br)c1. The molecule has 4 rings (SSSR count). The molecule has 2 unspecified atom stereocenters. The molecule has 1 aromatic carbocycles. The van der Waals surface area contributed by atoms with Crippen LogP contribution in [0.4, 0.5) is 4.39 Å². The van der Waals surface area contributed by atoms with E-state index >= 15 is 0 Å². The quantitative estimate of drug-likeness (QED) is 0.260. The lowest BCUT2D eigenvalue weighted by atomic mass is 10.0. The van der Waals surface area contributed by atoms with Crippen LogP contribution in [0.1, 0.15) is 30.9 Å². The van der Waals surface area contributed by atoms with E-state index in [1.54, 1.807) is 36.6 Å². The molecule has 206 valence electrons. The van der Waals surface area contributed by atoms with Crippen molar-refractivity contribution in [3.05, 3.63) is 68.0 Å². The number of amides is 2. The zero-order valence-electron chi connectivity index (χ0n) is 20.6. The molecular weight excluding hydrogens is 597 g/mol. The normalized spacial score (nSPS) is 19.2. The largest absolute Gasteiger partial charge is 0.481 e. The molecule has 0 fully saturated rings. The minimum atomic E-state index is -1.11. The minimum absolute atomic E-state index is 0.0261. The Morgan fingerprint density at radius 1 is 1.26 bits per heavy atom. The standard InChI is InChI=1S/C25H26BrClFN7O4/c26-16-3-13(4-17(27)8-16)21(9-23(37)38)33-22(36)12-30-24(39)14-5-19-6-15(10-32-35-19)20(7-14)34-25-29-2-1-18(28)11-31-25/h3-5,7-8,10,18,21,35H,1-2,6,9,11-12H2,(H,30,39)(H,33,36)(H,37,38)(H2,29,31,34). The van der Waals surface area contributed by atoms with Gasteiger partial charge in [-0.1, -0.05) is 27.5 Å². The number of hydrogen-bond donors (Lipinski definition) is 6. The molecule has 1 aromatic rings. The van der Waals surface area contributed by atoms with Crippen molar-refractivity contribution in [1.82, 2.24) is 26.7 Å². The molecule has 11 nitrogen and oxygen atoms in total. The fraction of sp³-hybridized carbons (Fsp3) is 0.320. The number of benzene rings is 1. The molecule has 0 saturated heterocycles. The van der Waals surface area contributed by atoms with Crippen molar-refractivity contribution in [3.8, 4) is 0 Å². The van der Waals surface area contributed by atoms with Crippen molar-refractivity contribution in [3.63, 3.8) is 0 Å². The molecule has 14 heteroatoms. The maximum absolute atomic E-state index is 13.7. The van der Waals surface area contributed by atoms with Gasteiger partial charge in [0.2, 0.25) is 5.91 Å². The molecule has 2 aliphatic heterocycles. The van der Waals surface area contributed by atoms with E-state index in [0.717, 1.165) is 5.57 Å². The maximum Gasteiger partial charge on any atom is 0.305 e. The second-order valence-corrected chi connectivity index (χ2v) is 10.3. The van der Waals surface area contributed by atoms with E-state index in [9.17, 15) is 23.9 Å². The first kappa shape index (κ1) is 28.3. The summed E-state index contributed by atoms with van der Waals surface area (Å²) in [4.78, 5) is 41.4. The number of nitrogens with one attached hydrogen (secondary N) is 5. The van der Waals surface area contributed by atoms with Crippen molar-refractivity contribution in [2.45, 2.75) is 31.5 Å². The number of halogens is 3. The summed E-state index contributed by atoms with van der Waals surface area (Å²) in [6.07, 6.45) is 4.24. The number of carbonyl (C=O) groups excluding carboxylic acids is 2. The van der Waals surface area contributed by atoms with Crippen LogP contribution in [0.15, 0.2) is 67.5 Å². The van der Waals surface area contributed by atoms with Gasteiger partial charge in [-0.3, -0.25) is 19.8 Å². The van der Waals surface area contributed by atoms with E-state index in [-0.39, 0.29) is 18.5 Å². The van der Waals surface area contributed by atoms with Gasteiger partial charge in [0.25, 0.3) is 5.91 Å². The number of carboxylic acids is 1. The Kier molecular flexibility index (Phi) is 9.36. The third kappa shape index (κ3) is 8.14. The number of aliphatic imine (C=N–C) groups is 1. The lowest BCUT2D eigenvalue weighted by molar-refractivity contribution is -0.138. The topological polar surface area (TPSA) is 156 Å². The van der Waals surface area contributed by atoms with Crippen molar-refractivity contribution in [2.75, 3.05) is 19.6 Å². The minimum Gasteiger partial charge on any atom is -0.481 e. The van der Waals surface area contributed by atoms with Crippen LogP contribution in [0.5, 0.6) is 0 Å². The van der Waals surface area contributed by atoms with Gasteiger partial charge in [-0.15, -0.1) is 0 Å². The summed E-state index contributed by atoms with van der Waals surface area (Å²) in [5, 5.41) is 25.2. The number of carbonyl (C=O) groups is 3. The van der Waals surface area contributed by atoms with E-state index in [1.807, 2.05) is 0 Å². The first-order valence-electron chi connectivity index (χ1n) is 12.1. The lowest BCUT2D eigenvalue weighted by Crippen LogP contribution is -2.40. The summed E-state index contributed by atoms with van der Waals surface area (Å²) in [6.45, 7) is 0.0425. The monoisotopic (exact) mass is 621 g/mol. The summed E-state index contributed by atoms with van der Waals surface area (Å²) in [5.74, 6) is -1.84. The highest BCUT2D eigenvalue weighted by Crippen LogP contribution is 2.26. The molecule has 0 spiro atoms. The van der Waals surface area contributed by atoms with Gasteiger partial charge in [0, 0.05) is 45.0 Å². The van der Waals surface area contributed by atoms with E-state index in [0.29, 0.717) is 51.8 Å². The zero-order chi connectivity index (χ0) is 27.9. The van der Waals surface area contributed by atoms with Crippen LogP contribution < -0.4 is 26.7 Å². The van der Waals surface area contributed by atoms with Gasteiger partial charge in [0.05, 0.1) is 31.8 Å². The predicted molar refractivity (Wildman–Crippen MR) is 148 cm³/mol. The number of fused-ring (bicyclic) bond motifs is 2. The maximum atomic E-state index is 13.7. The molecule has 2 bridgehead atoms. The van der Waals surface area contributed by atoms with Crippen molar-refractivity contribution < 1.29 is 23.9 Å². The molecule has 6 N–H and O–H groups in total. The zero-order valence-corrected chi connectivity index (χ0v) is 22.9. The molecule has 3 aliphatic rings. The number of aliphatic carboxylic acids is 1.